The van der Waals surface area contributed by atoms with Crippen LogP contribution in [0.2, 0.25) is 0 Å². The van der Waals surface area contributed by atoms with E-state index in [2.05, 4.69) is 43.5 Å². The van der Waals surface area contributed by atoms with Crippen molar-refractivity contribution in [3.05, 3.63) is 42.5 Å². The van der Waals surface area contributed by atoms with Gasteiger partial charge in [-0.05, 0) is 31.4 Å². The Morgan fingerprint density at radius 2 is 2.30 bits per heavy atom. The maximum atomic E-state index is 4.44. The summed E-state index contributed by atoms with van der Waals surface area (Å²) in [6.45, 7) is 4.17. The second-order valence-electron chi connectivity index (χ2n) is 5.92. The molecule has 0 aliphatic carbocycles. The van der Waals surface area contributed by atoms with Gasteiger partial charge in [0.15, 0.2) is 0 Å². The smallest absolute Gasteiger partial charge is 0.134 e. The summed E-state index contributed by atoms with van der Waals surface area (Å²) in [4.78, 5) is 15.2. The molecule has 3 heterocycles. The van der Waals surface area contributed by atoms with Gasteiger partial charge in [-0.25, -0.2) is 9.97 Å². The number of pyridine rings is 1. The van der Waals surface area contributed by atoms with Gasteiger partial charge < -0.3 is 15.5 Å². The molecular formula is C17H24N6. The minimum absolute atomic E-state index is 0.296. The Hall–Kier alpha value is -2.21. The van der Waals surface area contributed by atoms with Crippen LogP contribution in [0.4, 0.5) is 11.6 Å². The molecule has 0 radical (unpaired) electrons. The predicted octanol–water partition coefficient (Wildman–Crippen LogP) is 2.23. The molecule has 0 spiro atoms. The van der Waals surface area contributed by atoms with Crippen molar-refractivity contribution < 1.29 is 0 Å². The fraction of sp³-hybridized carbons (Fsp3) is 0.471. The van der Waals surface area contributed by atoms with Crippen LogP contribution in [-0.2, 0) is 0 Å². The normalized spacial score (nSPS) is 18.9. The van der Waals surface area contributed by atoms with Gasteiger partial charge in [-0.2, -0.15) is 0 Å². The van der Waals surface area contributed by atoms with Crippen molar-refractivity contribution in [2.45, 2.75) is 31.8 Å². The van der Waals surface area contributed by atoms with E-state index in [1.165, 1.54) is 18.4 Å². The number of nitrogens with zero attached hydrogens (tertiary/aromatic N) is 4. The van der Waals surface area contributed by atoms with E-state index < -0.39 is 0 Å². The maximum absolute atomic E-state index is 4.44. The Labute approximate surface area is 137 Å². The number of hydrogen-bond acceptors (Lipinski definition) is 6. The van der Waals surface area contributed by atoms with Crippen LogP contribution in [0, 0.1) is 0 Å². The highest BCUT2D eigenvalue weighted by Crippen LogP contribution is 2.25. The van der Waals surface area contributed by atoms with E-state index in [9.17, 15) is 0 Å². The van der Waals surface area contributed by atoms with E-state index in [1.807, 2.05) is 31.6 Å². The van der Waals surface area contributed by atoms with Crippen molar-refractivity contribution in [3.8, 4) is 0 Å². The van der Waals surface area contributed by atoms with Crippen molar-refractivity contribution in [3.63, 3.8) is 0 Å². The fourth-order valence-corrected chi connectivity index (χ4v) is 3.05. The van der Waals surface area contributed by atoms with Gasteiger partial charge in [-0.15, -0.1) is 0 Å². The third-order valence-corrected chi connectivity index (χ3v) is 4.42. The van der Waals surface area contributed by atoms with Gasteiger partial charge in [0.2, 0.25) is 0 Å². The van der Waals surface area contributed by atoms with Crippen LogP contribution in [0.1, 0.15) is 31.4 Å². The second kappa shape index (κ2) is 7.37. The highest BCUT2D eigenvalue weighted by Gasteiger charge is 2.26. The minimum atomic E-state index is 0.296. The highest BCUT2D eigenvalue weighted by molar-refractivity contribution is 5.49. The molecule has 1 aliphatic rings. The van der Waals surface area contributed by atoms with Crippen LogP contribution in [0.25, 0.3) is 0 Å². The molecule has 2 N–H and O–H groups in total. The Morgan fingerprint density at radius 3 is 3.09 bits per heavy atom. The molecule has 0 bridgehead atoms. The minimum Gasteiger partial charge on any atom is -0.373 e. The van der Waals surface area contributed by atoms with Crippen LogP contribution in [0.5, 0.6) is 0 Å². The molecule has 1 saturated heterocycles. The molecule has 6 heteroatoms. The highest BCUT2D eigenvalue weighted by atomic mass is 15.3. The van der Waals surface area contributed by atoms with Crippen molar-refractivity contribution in [2.24, 2.45) is 0 Å². The van der Waals surface area contributed by atoms with Gasteiger partial charge in [0.05, 0.1) is 0 Å². The fourth-order valence-electron chi connectivity index (χ4n) is 3.05. The molecule has 2 aromatic rings. The summed E-state index contributed by atoms with van der Waals surface area (Å²) in [5.74, 6) is 1.86. The van der Waals surface area contributed by atoms with E-state index in [4.69, 9.17) is 0 Å². The topological polar surface area (TPSA) is 66.0 Å². The third kappa shape index (κ3) is 3.76. The maximum Gasteiger partial charge on any atom is 0.134 e. The van der Waals surface area contributed by atoms with Gasteiger partial charge in [-0.3, -0.25) is 4.98 Å². The molecule has 23 heavy (non-hydrogen) atoms. The number of rotatable bonds is 6. The predicted molar refractivity (Wildman–Crippen MR) is 92.6 cm³/mol. The van der Waals surface area contributed by atoms with E-state index in [0.29, 0.717) is 12.1 Å². The van der Waals surface area contributed by atoms with Gasteiger partial charge in [-0.1, -0.05) is 6.07 Å². The summed E-state index contributed by atoms with van der Waals surface area (Å²) < 4.78 is 0. The molecule has 2 aromatic heterocycles. The van der Waals surface area contributed by atoms with E-state index >= 15 is 0 Å². The summed E-state index contributed by atoms with van der Waals surface area (Å²) in [5, 5.41) is 6.71. The van der Waals surface area contributed by atoms with Crippen molar-refractivity contribution in [2.75, 3.05) is 30.4 Å². The summed E-state index contributed by atoms with van der Waals surface area (Å²) in [5.41, 5.74) is 1.22. The van der Waals surface area contributed by atoms with E-state index in [-0.39, 0.29) is 0 Å². The van der Waals surface area contributed by atoms with Crippen molar-refractivity contribution in [1.82, 2.24) is 20.3 Å². The lowest BCUT2D eigenvalue weighted by Gasteiger charge is -2.27. The molecule has 6 nitrogen and oxygen atoms in total. The molecule has 2 atom stereocenters. The van der Waals surface area contributed by atoms with E-state index in [0.717, 1.165) is 24.7 Å². The van der Waals surface area contributed by atoms with Crippen LogP contribution in [-0.4, -0.2) is 41.1 Å². The quantitative estimate of drug-likeness (QED) is 0.853. The number of anilines is 2. The Kier molecular flexibility index (Phi) is 5.02. The summed E-state index contributed by atoms with van der Waals surface area (Å²) in [7, 11) is 1.88. The van der Waals surface area contributed by atoms with Crippen molar-refractivity contribution in [1.29, 1.82) is 0 Å². The lowest BCUT2D eigenvalue weighted by atomic mass is 10.1. The lowest BCUT2D eigenvalue weighted by Crippen LogP contribution is -2.39. The Morgan fingerprint density at radius 1 is 1.39 bits per heavy atom. The second-order valence-corrected chi connectivity index (χ2v) is 5.92. The molecule has 3 rings (SSSR count). The molecule has 0 amide bonds. The summed E-state index contributed by atoms with van der Waals surface area (Å²) in [6, 6.07) is 6.87. The van der Waals surface area contributed by atoms with Crippen LogP contribution in [0.3, 0.4) is 0 Å². The molecule has 0 saturated carbocycles. The molecule has 122 valence electrons. The van der Waals surface area contributed by atoms with Crippen molar-refractivity contribution >= 4 is 11.6 Å². The first-order valence-corrected chi connectivity index (χ1v) is 8.17. The zero-order valence-electron chi connectivity index (χ0n) is 13.7. The van der Waals surface area contributed by atoms with Crippen LogP contribution >= 0.6 is 0 Å². The molecule has 1 fully saturated rings. The SMILES string of the molecule is CNc1cc(N2CCC[C@H]2CN[C@H](C)c2cccnc2)ncn1. The zero-order chi connectivity index (χ0) is 16.1. The summed E-state index contributed by atoms with van der Waals surface area (Å²) in [6.07, 6.45) is 7.75. The average Bonchev–Trinajstić information content (AvgIpc) is 3.09. The average molecular weight is 312 g/mol. The zero-order valence-corrected chi connectivity index (χ0v) is 13.7. The number of hydrogen-bond donors (Lipinski definition) is 2. The van der Waals surface area contributed by atoms with Gasteiger partial charge in [0.1, 0.15) is 18.0 Å². The number of aromatic nitrogens is 3. The molecular weight excluding hydrogens is 288 g/mol. The van der Waals surface area contributed by atoms with Crippen LogP contribution in [0.15, 0.2) is 36.9 Å². The monoisotopic (exact) mass is 312 g/mol. The first kappa shape index (κ1) is 15.7. The Balaban J connectivity index is 1.63. The lowest BCUT2D eigenvalue weighted by molar-refractivity contribution is 0.512. The molecule has 0 unspecified atom stereocenters. The van der Waals surface area contributed by atoms with Gasteiger partial charge in [0.25, 0.3) is 0 Å². The van der Waals surface area contributed by atoms with E-state index in [1.54, 1.807) is 6.33 Å². The van der Waals surface area contributed by atoms with Gasteiger partial charge in [0, 0.05) is 50.7 Å². The van der Waals surface area contributed by atoms with Gasteiger partial charge >= 0.3 is 0 Å². The Bertz CT molecular complexity index is 617. The number of nitrogens with one attached hydrogen (secondary N) is 2. The molecule has 0 aromatic carbocycles. The standard InChI is InChI=1S/C17H24N6/c1-13(14-5-3-7-19-10-14)20-11-15-6-4-8-23(15)17-9-16(18-2)21-12-22-17/h3,5,7,9-10,12-13,15,20H,4,6,8,11H2,1-2H3,(H,18,21,22)/t13-,15+/m1/s1. The molecule has 1 aliphatic heterocycles. The third-order valence-electron chi connectivity index (χ3n) is 4.42. The van der Waals surface area contributed by atoms with Crippen LogP contribution < -0.4 is 15.5 Å². The first-order valence-electron chi connectivity index (χ1n) is 8.17. The summed E-state index contributed by atoms with van der Waals surface area (Å²) >= 11 is 0. The largest absolute Gasteiger partial charge is 0.373 e. The first-order chi connectivity index (χ1) is 11.3.